The number of alkyl halides is 1. The first kappa shape index (κ1) is 9.71. The molecule has 0 aliphatic heterocycles. The quantitative estimate of drug-likeness (QED) is 0.736. The molecule has 1 aromatic heterocycles. The first-order chi connectivity index (χ1) is 7.31. The van der Waals surface area contributed by atoms with Crippen LogP contribution in [0.25, 0.3) is 0 Å². The lowest BCUT2D eigenvalue weighted by Crippen LogP contribution is -2.41. The van der Waals surface area contributed by atoms with Crippen molar-refractivity contribution in [3.63, 3.8) is 0 Å². The van der Waals surface area contributed by atoms with E-state index in [9.17, 15) is 0 Å². The third-order valence-electron chi connectivity index (χ3n) is 4.06. The third-order valence-corrected chi connectivity index (χ3v) is 4.24. The summed E-state index contributed by atoms with van der Waals surface area (Å²) < 4.78 is 5.69. The maximum atomic E-state index is 5.69. The zero-order valence-corrected chi connectivity index (χ0v) is 9.59. The number of hydrogen-bond acceptors (Lipinski definition) is 2. The largest absolute Gasteiger partial charge is 0.445 e. The molecule has 0 atom stereocenters. The van der Waals surface area contributed by atoms with E-state index in [2.05, 4.69) is 4.98 Å². The van der Waals surface area contributed by atoms with Gasteiger partial charge in [0.1, 0.15) is 5.76 Å². The minimum atomic E-state index is 0.592. The molecule has 2 aliphatic rings. The Kier molecular flexibility index (Phi) is 2.27. The smallest absolute Gasteiger partial charge is 0.195 e. The molecule has 2 fully saturated rings. The Bertz CT molecular complexity index is 348. The van der Waals surface area contributed by atoms with E-state index in [1.165, 1.54) is 32.1 Å². The number of hydrogen-bond donors (Lipinski definition) is 0. The highest BCUT2D eigenvalue weighted by atomic mass is 35.5. The van der Waals surface area contributed by atoms with Crippen LogP contribution in [0.1, 0.15) is 49.7 Å². The molecule has 15 heavy (non-hydrogen) atoms. The van der Waals surface area contributed by atoms with Crippen LogP contribution in [0.2, 0.25) is 0 Å². The van der Waals surface area contributed by atoms with Crippen LogP contribution >= 0.6 is 11.6 Å². The maximum absolute atomic E-state index is 5.69. The van der Waals surface area contributed by atoms with Crippen molar-refractivity contribution in [3.05, 3.63) is 17.8 Å². The van der Waals surface area contributed by atoms with Crippen LogP contribution in [-0.2, 0) is 6.42 Å². The van der Waals surface area contributed by atoms with Crippen LogP contribution in [-0.4, -0.2) is 10.9 Å². The predicted octanol–water partition coefficient (Wildman–Crippen LogP) is 3.50. The van der Waals surface area contributed by atoms with E-state index in [1.54, 1.807) is 0 Å². The van der Waals surface area contributed by atoms with Crippen molar-refractivity contribution in [2.24, 2.45) is 5.41 Å². The SMILES string of the molecule is ClCCc1ncc(C2CC3(CCC3)C2)o1. The topological polar surface area (TPSA) is 26.0 Å². The van der Waals surface area contributed by atoms with Gasteiger partial charge in [0.15, 0.2) is 5.89 Å². The molecule has 1 spiro atoms. The molecule has 3 heteroatoms. The van der Waals surface area contributed by atoms with Crippen molar-refractivity contribution in [2.45, 2.75) is 44.4 Å². The van der Waals surface area contributed by atoms with Gasteiger partial charge in [0.05, 0.1) is 6.20 Å². The molecule has 2 aliphatic carbocycles. The molecule has 2 nitrogen and oxygen atoms in total. The van der Waals surface area contributed by atoms with Crippen LogP contribution in [0.4, 0.5) is 0 Å². The normalized spacial score (nSPS) is 23.8. The summed E-state index contributed by atoms with van der Waals surface area (Å²) in [7, 11) is 0. The fourth-order valence-corrected chi connectivity index (χ4v) is 3.14. The van der Waals surface area contributed by atoms with E-state index in [1.807, 2.05) is 6.20 Å². The molecule has 1 heterocycles. The van der Waals surface area contributed by atoms with Gasteiger partial charge >= 0.3 is 0 Å². The summed E-state index contributed by atoms with van der Waals surface area (Å²) in [6, 6.07) is 0. The van der Waals surface area contributed by atoms with E-state index < -0.39 is 0 Å². The number of rotatable bonds is 3. The minimum Gasteiger partial charge on any atom is -0.445 e. The molecule has 0 amide bonds. The van der Waals surface area contributed by atoms with Gasteiger partial charge in [-0.05, 0) is 31.1 Å². The summed E-state index contributed by atoms with van der Waals surface area (Å²) in [6.07, 6.45) is 9.60. The first-order valence-corrected chi connectivity index (χ1v) is 6.35. The van der Waals surface area contributed by atoms with Crippen molar-refractivity contribution in [2.75, 3.05) is 5.88 Å². The molecule has 3 rings (SSSR count). The lowest BCUT2D eigenvalue weighted by Gasteiger charge is -2.53. The van der Waals surface area contributed by atoms with E-state index >= 15 is 0 Å². The van der Waals surface area contributed by atoms with Gasteiger partial charge in [-0.25, -0.2) is 4.98 Å². The fourth-order valence-electron chi connectivity index (χ4n) is 2.98. The fraction of sp³-hybridized carbons (Fsp3) is 0.750. The molecule has 0 N–H and O–H groups in total. The van der Waals surface area contributed by atoms with Gasteiger partial charge < -0.3 is 4.42 Å². The molecular weight excluding hydrogens is 210 g/mol. The van der Waals surface area contributed by atoms with E-state index in [0.717, 1.165) is 18.1 Å². The lowest BCUT2D eigenvalue weighted by molar-refractivity contribution is 0.00166. The highest BCUT2D eigenvalue weighted by Crippen LogP contribution is 2.61. The zero-order valence-electron chi connectivity index (χ0n) is 8.84. The van der Waals surface area contributed by atoms with E-state index in [-0.39, 0.29) is 0 Å². The van der Waals surface area contributed by atoms with Gasteiger partial charge in [-0.1, -0.05) is 6.42 Å². The van der Waals surface area contributed by atoms with E-state index in [4.69, 9.17) is 16.0 Å². The predicted molar refractivity (Wildman–Crippen MR) is 59.2 cm³/mol. The molecule has 82 valence electrons. The second-order valence-electron chi connectivity index (χ2n) is 5.05. The van der Waals surface area contributed by atoms with Gasteiger partial charge in [-0.15, -0.1) is 11.6 Å². The maximum Gasteiger partial charge on any atom is 0.195 e. The summed E-state index contributed by atoms with van der Waals surface area (Å²) in [4.78, 5) is 4.25. The van der Waals surface area contributed by atoms with Crippen molar-refractivity contribution < 1.29 is 4.42 Å². The molecule has 0 bridgehead atoms. The average Bonchev–Trinajstić information content (AvgIpc) is 2.48. The monoisotopic (exact) mass is 225 g/mol. The Labute approximate surface area is 95.0 Å². The molecule has 0 saturated heterocycles. The van der Waals surface area contributed by atoms with Crippen LogP contribution in [0, 0.1) is 5.41 Å². The summed E-state index contributed by atoms with van der Waals surface area (Å²) in [5.74, 6) is 3.12. The summed E-state index contributed by atoms with van der Waals surface area (Å²) in [6.45, 7) is 0. The van der Waals surface area contributed by atoms with Crippen molar-refractivity contribution in [1.82, 2.24) is 4.98 Å². The summed E-state index contributed by atoms with van der Waals surface area (Å²) in [5, 5.41) is 0. The molecule has 0 radical (unpaired) electrons. The average molecular weight is 226 g/mol. The second-order valence-corrected chi connectivity index (χ2v) is 5.43. The van der Waals surface area contributed by atoms with Crippen molar-refractivity contribution in [3.8, 4) is 0 Å². The Morgan fingerprint density at radius 2 is 2.27 bits per heavy atom. The van der Waals surface area contributed by atoms with Crippen molar-refractivity contribution >= 4 is 11.6 Å². The Morgan fingerprint density at radius 3 is 2.87 bits per heavy atom. The Hall–Kier alpha value is -0.500. The summed E-state index contributed by atoms with van der Waals surface area (Å²) >= 11 is 5.65. The van der Waals surface area contributed by atoms with Gasteiger partial charge in [0.25, 0.3) is 0 Å². The Balaban J connectivity index is 1.62. The Morgan fingerprint density at radius 1 is 1.47 bits per heavy atom. The third kappa shape index (κ3) is 1.59. The molecule has 2 saturated carbocycles. The van der Waals surface area contributed by atoms with Gasteiger partial charge in [-0.3, -0.25) is 0 Å². The lowest BCUT2D eigenvalue weighted by atomic mass is 9.51. The number of aryl methyl sites for hydroxylation is 1. The van der Waals surface area contributed by atoms with Crippen LogP contribution in [0.3, 0.4) is 0 Å². The molecule has 1 aromatic rings. The van der Waals surface area contributed by atoms with Gasteiger partial charge in [-0.2, -0.15) is 0 Å². The zero-order chi connectivity index (χ0) is 10.3. The van der Waals surface area contributed by atoms with Gasteiger partial charge in [0, 0.05) is 18.2 Å². The number of oxazole rings is 1. The molecule has 0 unspecified atom stereocenters. The van der Waals surface area contributed by atoms with E-state index in [0.29, 0.717) is 17.2 Å². The van der Waals surface area contributed by atoms with Crippen LogP contribution in [0.15, 0.2) is 10.6 Å². The highest BCUT2D eigenvalue weighted by Gasteiger charge is 2.49. The number of nitrogens with zero attached hydrogens (tertiary/aromatic N) is 1. The second kappa shape index (κ2) is 3.51. The minimum absolute atomic E-state index is 0.592. The number of halogens is 1. The highest BCUT2D eigenvalue weighted by molar-refractivity contribution is 6.17. The van der Waals surface area contributed by atoms with Crippen LogP contribution in [0.5, 0.6) is 0 Å². The molecular formula is C12H16ClNO. The van der Waals surface area contributed by atoms with Crippen molar-refractivity contribution in [1.29, 1.82) is 0 Å². The standard InChI is InChI=1S/C12H16ClNO/c13-5-2-11-14-8-10(15-11)9-6-12(7-9)3-1-4-12/h8-9H,1-7H2. The van der Waals surface area contributed by atoms with Crippen LogP contribution < -0.4 is 0 Å². The summed E-state index contributed by atoms with van der Waals surface area (Å²) in [5.41, 5.74) is 0.712. The first-order valence-electron chi connectivity index (χ1n) is 5.82. The molecule has 0 aromatic carbocycles. The number of aromatic nitrogens is 1. The van der Waals surface area contributed by atoms with Gasteiger partial charge in [0.2, 0.25) is 0 Å².